The Kier molecular flexibility index (Phi) is 1.74. The Hall–Kier alpha value is -0.695. The first-order valence-corrected chi connectivity index (χ1v) is 3.94. The molecule has 0 unspecified atom stereocenters. The fourth-order valence-electron chi connectivity index (χ4n) is 1.46. The molecule has 1 aromatic rings. The first-order valence-electron chi connectivity index (χ1n) is 3.94. The topological polar surface area (TPSA) is 25.2 Å². The average molecular weight is 147 g/mol. The van der Waals surface area contributed by atoms with E-state index in [1.807, 2.05) is 6.07 Å². The Balaban J connectivity index is 2.32. The van der Waals surface area contributed by atoms with Crippen LogP contribution in [0.4, 0.5) is 0 Å². The van der Waals surface area contributed by atoms with E-state index in [-0.39, 0.29) is 0 Å². The van der Waals surface area contributed by atoms with E-state index in [9.17, 15) is 0 Å². The fourth-order valence-corrected chi connectivity index (χ4v) is 1.46. The minimum Gasteiger partial charge on any atom is -0.477 e. The summed E-state index contributed by atoms with van der Waals surface area (Å²) in [6.07, 6.45) is 2.00. The molecule has 2 nitrogen and oxygen atoms in total. The number of rotatable bonds is 0. The van der Waals surface area contributed by atoms with Crippen molar-refractivity contribution in [3.05, 3.63) is 17.4 Å². The number of hydrogen-bond donors (Lipinski definition) is 1. The highest BCUT2D eigenvalue weighted by Gasteiger charge is 2.10. The van der Waals surface area contributed by atoms with Gasteiger partial charge in [-0.05, 0) is 24.6 Å². The van der Waals surface area contributed by atoms with Gasteiger partial charge in [0.15, 0.2) is 7.85 Å². The number of fused-ring (bicyclic) bond motifs is 1. The Labute approximate surface area is 67.4 Å². The minimum atomic E-state index is 0.553. The van der Waals surface area contributed by atoms with Crippen molar-refractivity contribution in [2.75, 3.05) is 13.1 Å². The second-order valence-electron chi connectivity index (χ2n) is 2.85. The highest BCUT2D eigenvalue weighted by molar-refractivity contribution is 6.29. The van der Waals surface area contributed by atoms with Crippen LogP contribution < -0.4 is 11.0 Å². The van der Waals surface area contributed by atoms with Crippen LogP contribution in [0.1, 0.15) is 11.3 Å². The molecule has 11 heavy (non-hydrogen) atoms. The largest absolute Gasteiger partial charge is 0.477 e. The summed E-state index contributed by atoms with van der Waals surface area (Å²) in [5.41, 5.74) is 1.82. The zero-order chi connectivity index (χ0) is 7.68. The van der Waals surface area contributed by atoms with Crippen LogP contribution in [0.2, 0.25) is 0 Å². The van der Waals surface area contributed by atoms with Gasteiger partial charge in [0.2, 0.25) is 0 Å². The Morgan fingerprint density at radius 2 is 2.18 bits per heavy atom. The van der Waals surface area contributed by atoms with Crippen molar-refractivity contribution in [1.82, 2.24) is 5.32 Å². The third-order valence-electron chi connectivity index (χ3n) is 2.02. The van der Waals surface area contributed by atoms with E-state index in [0.717, 1.165) is 31.7 Å². The molecule has 56 valence electrons. The molecule has 0 aromatic carbocycles. The molecule has 0 saturated heterocycles. The van der Waals surface area contributed by atoms with E-state index in [1.54, 1.807) is 0 Å². The molecule has 2 rings (SSSR count). The maximum atomic E-state index is 5.52. The highest BCUT2D eigenvalue weighted by atomic mass is 16.3. The standard InChI is InChI=1S/C8H10BNO/c9-8-5-6-1-3-10-4-2-7(6)11-8/h5,10H,1-4H2. The van der Waals surface area contributed by atoms with Crippen LogP contribution in [0.3, 0.4) is 0 Å². The third kappa shape index (κ3) is 1.33. The van der Waals surface area contributed by atoms with E-state index in [0.29, 0.717) is 5.66 Å². The van der Waals surface area contributed by atoms with Gasteiger partial charge in [0.1, 0.15) is 5.76 Å². The lowest BCUT2D eigenvalue weighted by Crippen LogP contribution is -2.16. The van der Waals surface area contributed by atoms with Crippen molar-refractivity contribution in [3.63, 3.8) is 0 Å². The summed E-state index contributed by atoms with van der Waals surface area (Å²) in [5.74, 6) is 1.06. The average Bonchev–Trinajstić information content (AvgIpc) is 2.17. The maximum absolute atomic E-state index is 5.52. The summed E-state index contributed by atoms with van der Waals surface area (Å²) >= 11 is 0. The van der Waals surface area contributed by atoms with Crippen molar-refractivity contribution in [2.24, 2.45) is 0 Å². The minimum absolute atomic E-state index is 0.553. The van der Waals surface area contributed by atoms with E-state index in [4.69, 9.17) is 12.3 Å². The zero-order valence-corrected chi connectivity index (χ0v) is 6.39. The van der Waals surface area contributed by atoms with Gasteiger partial charge in [0.05, 0.1) is 0 Å². The molecule has 0 fully saturated rings. The molecule has 0 saturated carbocycles. The zero-order valence-electron chi connectivity index (χ0n) is 6.39. The number of hydrogen-bond acceptors (Lipinski definition) is 2. The Morgan fingerprint density at radius 1 is 1.36 bits per heavy atom. The normalized spacial score (nSPS) is 17.5. The van der Waals surface area contributed by atoms with Crippen molar-refractivity contribution in [1.29, 1.82) is 0 Å². The summed E-state index contributed by atoms with van der Waals surface area (Å²) < 4.78 is 5.32. The molecular weight excluding hydrogens is 137 g/mol. The molecule has 0 aliphatic carbocycles. The van der Waals surface area contributed by atoms with Gasteiger partial charge in [0.25, 0.3) is 0 Å². The molecule has 0 spiro atoms. The predicted octanol–water partition coefficient (Wildman–Crippen LogP) is -0.238. The van der Waals surface area contributed by atoms with Crippen LogP contribution in [-0.4, -0.2) is 20.9 Å². The SMILES string of the molecule is [B]c1cc2c(o1)CCNCC2. The molecule has 3 heteroatoms. The van der Waals surface area contributed by atoms with Gasteiger partial charge in [-0.15, -0.1) is 0 Å². The number of nitrogens with one attached hydrogen (secondary N) is 1. The van der Waals surface area contributed by atoms with Crippen LogP contribution in [-0.2, 0) is 12.8 Å². The van der Waals surface area contributed by atoms with Crippen LogP contribution in [0, 0.1) is 0 Å². The van der Waals surface area contributed by atoms with Crippen molar-refractivity contribution in [3.8, 4) is 0 Å². The fraction of sp³-hybridized carbons (Fsp3) is 0.500. The Bertz CT molecular complexity index is 233. The second kappa shape index (κ2) is 2.74. The summed E-state index contributed by atoms with van der Waals surface area (Å²) in [5, 5.41) is 3.30. The first-order chi connectivity index (χ1) is 5.36. The summed E-state index contributed by atoms with van der Waals surface area (Å²) in [6.45, 7) is 2.03. The van der Waals surface area contributed by atoms with Gasteiger partial charge in [-0.3, -0.25) is 0 Å². The van der Waals surface area contributed by atoms with Gasteiger partial charge in [-0.1, -0.05) is 0 Å². The first kappa shape index (κ1) is 6.98. The van der Waals surface area contributed by atoms with E-state index < -0.39 is 0 Å². The van der Waals surface area contributed by atoms with Gasteiger partial charge < -0.3 is 9.73 Å². The molecule has 2 heterocycles. The van der Waals surface area contributed by atoms with Crippen LogP contribution in [0.15, 0.2) is 10.5 Å². The molecule has 0 atom stereocenters. The van der Waals surface area contributed by atoms with E-state index >= 15 is 0 Å². The van der Waals surface area contributed by atoms with Crippen molar-refractivity contribution >= 4 is 13.5 Å². The van der Waals surface area contributed by atoms with Crippen LogP contribution in [0.25, 0.3) is 0 Å². The second-order valence-corrected chi connectivity index (χ2v) is 2.85. The summed E-state index contributed by atoms with van der Waals surface area (Å²) in [7, 11) is 5.52. The molecule has 1 aliphatic rings. The molecule has 1 N–H and O–H groups in total. The Morgan fingerprint density at radius 3 is 3.09 bits per heavy atom. The quantitative estimate of drug-likeness (QED) is 0.512. The smallest absolute Gasteiger partial charge is 0.167 e. The molecular formula is C8H10BNO. The van der Waals surface area contributed by atoms with Crippen LogP contribution >= 0.6 is 0 Å². The predicted molar refractivity (Wildman–Crippen MR) is 44.4 cm³/mol. The number of furan rings is 1. The molecule has 1 aromatic heterocycles. The maximum Gasteiger partial charge on any atom is 0.167 e. The lowest BCUT2D eigenvalue weighted by molar-refractivity contribution is 0.532. The molecule has 1 aliphatic heterocycles. The van der Waals surface area contributed by atoms with Gasteiger partial charge >= 0.3 is 0 Å². The monoisotopic (exact) mass is 147 g/mol. The molecule has 0 amide bonds. The summed E-state index contributed by atoms with van der Waals surface area (Å²) in [6, 6.07) is 1.93. The van der Waals surface area contributed by atoms with Gasteiger partial charge in [-0.25, -0.2) is 0 Å². The van der Waals surface area contributed by atoms with Gasteiger partial charge in [-0.2, -0.15) is 0 Å². The van der Waals surface area contributed by atoms with Crippen molar-refractivity contribution in [2.45, 2.75) is 12.8 Å². The third-order valence-corrected chi connectivity index (χ3v) is 2.02. The van der Waals surface area contributed by atoms with Crippen LogP contribution in [0.5, 0.6) is 0 Å². The van der Waals surface area contributed by atoms with E-state index in [1.165, 1.54) is 5.56 Å². The molecule has 2 radical (unpaired) electrons. The van der Waals surface area contributed by atoms with Crippen molar-refractivity contribution < 1.29 is 4.42 Å². The lowest BCUT2D eigenvalue weighted by Gasteiger charge is -1.94. The summed E-state index contributed by atoms with van der Waals surface area (Å²) in [4.78, 5) is 0. The lowest BCUT2D eigenvalue weighted by atomic mass is 10.0. The highest BCUT2D eigenvalue weighted by Crippen LogP contribution is 2.11. The van der Waals surface area contributed by atoms with E-state index in [2.05, 4.69) is 5.32 Å². The molecule has 0 bridgehead atoms. The van der Waals surface area contributed by atoms with Gasteiger partial charge in [0, 0.05) is 18.6 Å².